The fraction of sp³-hybridized carbons (Fsp3) is 0.286. The SMILES string of the molecule is Cc1[nH]c(C(O)c2ccccc2Cl)c(C)c1C. The van der Waals surface area contributed by atoms with E-state index in [4.69, 9.17) is 11.6 Å². The summed E-state index contributed by atoms with van der Waals surface area (Å²) in [6.07, 6.45) is -0.698. The van der Waals surface area contributed by atoms with Gasteiger partial charge in [0.2, 0.25) is 0 Å². The number of aliphatic hydroxyl groups excluding tert-OH is 1. The van der Waals surface area contributed by atoms with Crippen molar-refractivity contribution >= 4 is 11.6 Å². The van der Waals surface area contributed by atoms with Gasteiger partial charge in [-0.05, 0) is 38.0 Å². The van der Waals surface area contributed by atoms with E-state index >= 15 is 0 Å². The number of hydrogen-bond acceptors (Lipinski definition) is 1. The fourth-order valence-electron chi connectivity index (χ4n) is 2.00. The highest BCUT2D eigenvalue weighted by atomic mass is 35.5. The molecule has 1 unspecified atom stereocenters. The second-order valence-corrected chi connectivity index (χ2v) is 4.74. The first kappa shape index (κ1) is 12.2. The van der Waals surface area contributed by atoms with Crippen molar-refractivity contribution in [1.82, 2.24) is 4.98 Å². The van der Waals surface area contributed by atoms with Crippen LogP contribution < -0.4 is 0 Å². The molecule has 17 heavy (non-hydrogen) atoms. The molecule has 0 amide bonds. The van der Waals surface area contributed by atoms with Gasteiger partial charge in [-0.2, -0.15) is 0 Å². The largest absolute Gasteiger partial charge is 0.382 e. The van der Waals surface area contributed by atoms with Gasteiger partial charge >= 0.3 is 0 Å². The molecule has 0 radical (unpaired) electrons. The maximum atomic E-state index is 10.4. The summed E-state index contributed by atoms with van der Waals surface area (Å²) in [5, 5.41) is 11.0. The molecule has 0 aliphatic heterocycles. The number of aryl methyl sites for hydroxylation is 1. The molecule has 1 aromatic carbocycles. The molecule has 2 N–H and O–H groups in total. The van der Waals surface area contributed by atoms with Gasteiger partial charge in [-0.3, -0.25) is 0 Å². The monoisotopic (exact) mass is 249 g/mol. The average molecular weight is 250 g/mol. The van der Waals surface area contributed by atoms with Crippen molar-refractivity contribution in [2.75, 3.05) is 0 Å². The van der Waals surface area contributed by atoms with Crippen molar-refractivity contribution in [2.45, 2.75) is 26.9 Å². The van der Waals surface area contributed by atoms with Crippen LogP contribution in [0, 0.1) is 20.8 Å². The summed E-state index contributed by atoms with van der Waals surface area (Å²) >= 11 is 6.09. The summed E-state index contributed by atoms with van der Waals surface area (Å²) < 4.78 is 0. The number of aliphatic hydroxyl groups is 1. The maximum absolute atomic E-state index is 10.4. The molecule has 0 saturated heterocycles. The first-order chi connectivity index (χ1) is 8.02. The van der Waals surface area contributed by atoms with Gasteiger partial charge in [0.05, 0.1) is 5.69 Å². The molecule has 0 fully saturated rings. The van der Waals surface area contributed by atoms with Crippen LogP contribution in [-0.2, 0) is 0 Å². The first-order valence-corrected chi connectivity index (χ1v) is 5.98. The minimum Gasteiger partial charge on any atom is -0.382 e. The molecular formula is C14H16ClNO. The lowest BCUT2D eigenvalue weighted by molar-refractivity contribution is 0.215. The summed E-state index contributed by atoms with van der Waals surface area (Å²) in [4.78, 5) is 3.23. The Labute approximate surface area is 106 Å². The van der Waals surface area contributed by atoms with E-state index in [-0.39, 0.29) is 0 Å². The minimum atomic E-state index is -0.698. The lowest BCUT2D eigenvalue weighted by atomic mass is 10.0. The van der Waals surface area contributed by atoms with E-state index in [9.17, 15) is 5.11 Å². The van der Waals surface area contributed by atoms with Crippen molar-refractivity contribution in [3.05, 3.63) is 57.4 Å². The highest BCUT2D eigenvalue weighted by molar-refractivity contribution is 6.31. The molecule has 0 spiro atoms. The molecular weight excluding hydrogens is 234 g/mol. The standard InChI is InChI=1S/C14H16ClNO/c1-8-9(2)13(16-10(8)3)14(17)11-6-4-5-7-12(11)15/h4-7,14,16-17H,1-3H3. The van der Waals surface area contributed by atoms with Crippen LogP contribution in [-0.4, -0.2) is 10.1 Å². The lowest BCUT2D eigenvalue weighted by Crippen LogP contribution is -2.02. The van der Waals surface area contributed by atoms with Crippen molar-refractivity contribution < 1.29 is 5.11 Å². The van der Waals surface area contributed by atoms with Crippen LogP contribution in [0.5, 0.6) is 0 Å². The Morgan fingerprint density at radius 2 is 1.76 bits per heavy atom. The Morgan fingerprint density at radius 3 is 2.29 bits per heavy atom. The summed E-state index contributed by atoms with van der Waals surface area (Å²) in [7, 11) is 0. The van der Waals surface area contributed by atoms with Crippen LogP contribution in [0.3, 0.4) is 0 Å². The molecule has 2 aromatic rings. The molecule has 3 heteroatoms. The molecule has 90 valence electrons. The van der Waals surface area contributed by atoms with Crippen LogP contribution in [0.1, 0.15) is 34.2 Å². The number of aromatic amines is 1. The zero-order valence-electron chi connectivity index (χ0n) is 10.2. The summed E-state index contributed by atoms with van der Waals surface area (Å²) in [6, 6.07) is 7.37. The second-order valence-electron chi connectivity index (χ2n) is 4.34. The molecule has 1 atom stereocenters. The normalized spacial score (nSPS) is 12.8. The van der Waals surface area contributed by atoms with Crippen molar-refractivity contribution in [1.29, 1.82) is 0 Å². The van der Waals surface area contributed by atoms with Crippen LogP contribution in [0.25, 0.3) is 0 Å². The molecule has 0 aliphatic carbocycles. The van der Waals surface area contributed by atoms with Crippen molar-refractivity contribution in [3.8, 4) is 0 Å². The maximum Gasteiger partial charge on any atom is 0.120 e. The van der Waals surface area contributed by atoms with E-state index in [1.165, 1.54) is 5.56 Å². The smallest absolute Gasteiger partial charge is 0.120 e. The molecule has 0 aliphatic rings. The number of aromatic nitrogens is 1. The zero-order valence-corrected chi connectivity index (χ0v) is 11.0. The third-order valence-corrected chi connectivity index (χ3v) is 3.67. The van der Waals surface area contributed by atoms with E-state index < -0.39 is 6.10 Å². The van der Waals surface area contributed by atoms with Gasteiger partial charge < -0.3 is 10.1 Å². The van der Waals surface area contributed by atoms with Gasteiger partial charge in [0.15, 0.2) is 0 Å². The summed E-state index contributed by atoms with van der Waals surface area (Å²) in [5.41, 5.74) is 4.93. The van der Waals surface area contributed by atoms with Crippen LogP contribution in [0.4, 0.5) is 0 Å². The molecule has 1 aromatic heterocycles. The van der Waals surface area contributed by atoms with Crippen LogP contribution >= 0.6 is 11.6 Å². The number of halogens is 1. The van der Waals surface area contributed by atoms with E-state index in [0.717, 1.165) is 22.5 Å². The van der Waals surface area contributed by atoms with E-state index in [0.29, 0.717) is 5.02 Å². The summed E-state index contributed by atoms with van der Waals surface area (Å²) in [5.74, 6) is 0. The quantitative estimate of drug-likeness (QED) is 0.837. The molecule has 2 nitrogen and oxygen atoms in total. The topological polar surface area (TPSA) is 36.0 Å². The van der Waals surface area contributed by atoms with Crippen LogP contribution in [0.2, 0.25) is 5.02 Å². The van der Waals surface area contributed by atoms with Crippen molar-refractivity contribution in [3.63, 3.8) is 0 Å². The Morgan fingerprint density at radius 1 is 1.12 bits per heavy atom. The third kappa shape index (κ3) is 2.11. The third-order valence-electron chi connectivity index (χ3n) is 3.32. The summed E-state index contributed by atoms with van der Waals surface area (Å²) in [6.45, 7) is 6.06. The van der Waals surface area contributed by atoms with Gasteiger partial charge in [0.25, 0.3) is 0 Å². The average Bonchev–Trinajstić information content (AvgIpc) is 2.57. The fourth-order valence-corrected chi connectivity index (χ4v) is 2.24. The predicted octanol–water partition coefficient (Wildman–Crippen LogP) is 3.68. The Bertz CT molecular complexity index is 545. The Hall–Kier alpha value is -1.25. The van der Waals surface area contributed by atoms with E-state index in [1.807, 2.05) is 39.0 Å². The van der Waals surface area contributed by atoms with Gasteiger partial charge in [0, 0.05) is 16.3 Å². The number of H-pyrrole nitrogens is 1. The zero-order chi connectivity index (χ0) is 12.6. The van der Waals surface area contributed by atoms with E-state index in [1.54, 1.807) is 6.07 Å². The van der Waals surface area contributed by atoms with Gasteiger partial charge in [-0.15, -0.1) is 0 Å². The minimum absolute atomic E-state index is 0.587. The molecule has 0 bridgehead atoms. The number of hydrogen-bond donors (Lipinski definition) is 2. The lowest BCUT2D eigenvalue weighted by Gasteiger charge is -2.12. The number of rotatable bonds is 2. The predicted molar refractivity (Wildman–Crippen MR) is 70.5 cm³/mol. The first-order valence-electron chi connectivity index (χ1n) is 5.60. The Kier molecular flexibility index (Phi) is 3.27. The van der Waals surface area contributed by atoms with E-state index in [2.05, 4.69) is 4.98 Å². The molecule has 0 saturated carbocycles. The van der Waals surface area contributed by atoms with Crippen molar-refractivity contribution in [2.24, 2.45) is 0 Å². The molecule has 1 heterocycles. The highest BCUT2D eigenvalue weighted by Gasteiger charge is 2.19. The van der Waals surface area contributed by atoms with Gasteiger partial charge in [-0.1, -0.05) is 29.8 Å². The second kappa shape index (κ2) is 4.55. The van der Waals surface area contributed by atoms with Gasteiger partial charge in [0.1, 0.15) is 6.10 Å². The van der Waals surface area contributed by atoms with Gasteiger partial charge in [-0.25, -0.2) is 0 Å². The molecule has 2 rings (SSSR count). The Balaban J connectivity index is 2.48. The highest BCUT2D eigenvalue weighted by Crippen LogP contribution is 2.31. The number of nitrogens with one attached hydrogen (secondary N) is 1. The van der Waals surface area contributed by atoms with Crippen LogP contribution in [0.15, 0.2) is 24.3 Å². The number of benzene rings is 1.